The van der Waals surface area contributed by atoms with Crippen LogP contribution in [0.25, 0.3) is 5.69 Å². The van der Waals surface area contributed by atoms with Crippen molar-refractivity contribution in [1.29, 1.82) is 0 Å². The summed E-state index contributed by atoms with van der Waals surface area (Å²) < 4.78 is 45.7. The Morgan fingerprint density at radius 2 is 1.91 bits per heavy atom. The van der Waals surface area contributed by atoms with E-state index in [0.29, 0.717) is 30.2 Å². The van der Waals surface area contributed by atoms with Crippen LogP contribution in [0.15, 0.2) is 47.7 Å². The standard InChI is InChI=1S/C13H14N4O2.C10H7F3O/c1-9-7-16(8-14-9)10-3-4-11-12(18)15(2)5-6-17(11)13(10)19;11-10(12,13)5-1-2-8-6(3-5)7-4-9(7)14-8/h3-4,7-8H,5-6H2,1-2H3;1-3,7,9H,4H2. The van der Waals surface area contributed by atoms with Crippen molar-refractivity contribution in [2.45, 2.75) is 38.1 Å². The van der Waals surface area contributed by atoms with Gasteiger partial charge in [-0.3, -0.25) is 9.59 Å². The fourth-order valence-corrected chi connectivity index (χ4v) is 4.19. The second-order valence-corrected chi connectivity index (χ2v) is 8.46. The molecule has 1 amide bonds. The summed E-state index contributed by atoms with van der Waals surface area (Å²) in [7, 11) is 1.74. The number of alkyl halides is 3. The topological polar surface area (TPSA) is 69.4 Å². The Hall–Kier alpha value is -3.56. The molecule has 2 aliphatic heterocycles. The molecule has 0 bridgehead atoms. The molecule has 2 aromatic heterocycles. The van der Waals surface area contributed by atoms with Crippen LogP contribution in [0, 0.1) is 6.92 Å². The number of hydrogen-bond donors (Lipinski definition) is 0. The molecule has 3 aromatic rings. The maximum absolute atomic E-state index is 12.4. The summed E-state index contributed by atoms with van der Waals surface area (Å²) in [6.45, 7) is 2.95. The number of aryl methyl sites for hydroxylation is 1. The van der Waals surface area contributed by atoms with E-state index in [1.165, 1.54) is 16.7 Å². The lowest BCUT2D eigenvalue weighted by Crippen LogP contribution is -2.42. The van der Waals surface area contributed by atoms with Crippen molar-refractivity contribution in [3.05, 3.63) is 75.7 Å². The van der Waals surface area contributed by atoms with Crippen LogP contribution in [0.2, 0.25) is 0 Å². The molecule has 1 saturated carbocycles. The Kier molecular flexibility index (Phi) is 4.84. The predicted octanol–water partition coefficient (Wildman–Crippen LogP) is 3.38. The van der Waals surface area contributed by atoms with E-state index in [-0.39, 0.29) is 23.5 Å². The Labute approximate surface area is 187 Å². The van der Waals surface area contributed by atoms with E-state index in [1.54, 1.807) is 41.2 Å². The van der Waals surface area contributed by atoms with E-state index in [9.17, 15) is 22.8 Å². The normalized spacial score (nSPS) is 20.3. The average molecular weight is 458 g/mol. The largest absolute Gasteiger partial charge is 0.489 e. The van der Waals surface area contributed by atoms with Gasteiger partial charge in [-0.1, -0.05) is 0 Å². The number of amides is 1. The number of halogens is 3. The van der Waals surface area contributed by atoms with Gasteiger partial charge in [-0.2, -0.15) is 13.2 Å². The van der Waals surface area contributed by atoms with Crippen LogP contribution in [0.5, 0.6) is 5.75 Å². The fraction of sp³-hybridized carbons (Fsp3) is 0.348. The molecule has 7 nitrogen and oxygen atoms in total. The number of ether oxygens (including phenoxy) is 1. The number of aromatic nitrogens is 3. The molecule has 1 aromatic carbocycles. The first-order valence-electron chi connectivity index (χ1n) is 10.5. The van der Waals surface area contributed by atoms with Gasteiger partial charge in [-0.05, 0) is 43.7 Å². The van der Waals surface area contributed by atoms with Crippen LogP contribution in [0.3, 0.4) is 0 Å². The molecule has 1 fully saturated rings. The Morgan fingerprint density at radius 3 is 2.61 bits per heavy atom. The maximum Gasteiger partial charge on any atom is 0.416 e. The number of hydrogen-bond acceptors (Lipinski definition) is 4. The first-order valence-corrected chi connectivity index (χ1v) is 10.5. The first kappa shape index (κ1) is 21.3. The first-order chi connectivity index (χ1) is 15.6. The van der Waals surface area contributed by atoms with Crippen molar-refractivity contribution in [1.82, 2.24) is 19.0 Å². The van der Waals surface area contributed by atoms with Gasteiger partial charge in [0.05, 0.1) is 17.6 Å². The number of benzene rings is 1. The smallest absolute Gasteiger partial charge is 0.416 e. The van der Waals surface area contributed by atoms with E-state index in [1.807, 2.05) is 6.92 Å². The van der Waals surface area contributed by atoms with Crippen molar-refractivity contribution >= 4 is 5.91 Å². The summed E-state index contributed by atoms with van der Waals surface area (Å²) in [5.74, 6) is 0.725. The van der Waals surface area contributed by atoms with Crippen molar-refractivity contribution in [3.63, 3.8) is 0 Å². The van der Waals surface area contributed by atoms with Crippen molar-refractivity contribution in [2.75, 3.05) is 13.6 Å². The van der Waals surface area contributed by atoms with Crippen LogP contribution >= 0.6 is 0 Å². The quantitative estimate of drug-likeness (QED) is 0.561. The highest BCUT2D eigenvalue weighted by molar-refractivity contribution is 5.93. The monoisotopic (exact) mass is 458 g/mol. The fourth-order valence-electron chi connectivity index (χ4n) is 4.19. The molecule has 172 valence electrons. The van der Waals surface area contributed by atoms with Crippen molar-refractivity contribution < 1.29 is 22.7 Å². The SMILES string of the molecule is Cc1cn(-c2ccc3n(c2=O)CCN(C)C3=O)cn1.FC(F)(F)c1ccc2c(c1)C1CC1O2. The minimum atomic E-state index is -4.25. The zero-order chi connectivity index (χ0) is 23.5. The average Bonchev–Trinajstić information content (AvgIpc) is 3.24. The molecule has 6 rings (SSSR count). The van der Waals surface area contributed by atoms with E-state index >= 15 is 0 Å². The van der Waals surface area contributed by atoms with Gasteiger partial charge in [0.25, 0.3) is 11.5 Å². The molecule has 0 saturated heterocycles. The molecule has 1 aliphatic carbocycles. The minimum Gasteiger partial charge on any atom is -0.489 e. The zero-order valence-corrected chi connectivity index (χ0v) is 18.0. The van der Waals surface area contributed by atoms with Crippen LogP contribution in [-0.2, 0) is 12.7 Å². The Balaban J connectivity index is 0.000000144. The Morgan fingerprint density at radius 1 is 1.12 bits per heavy atom. The molecular formula is C23H21F3N4O3. The lowest BCUT2D eigenvalue weighted by molar-refractivity contribution is -0.137. The number of carbonyl (C=O) groups excluding carboxylic acids is 1. The van der Waals surface area contributed by atoms with Gasteiger partial charge in [0.1, 0.15) is 23.2 Å². The number of fused-ring (bicyclic) bond motifs is 4. The van der Waals surface area contributed by atoms with Crippen LogP contribution in [0.1, 0.15) is 39.6 Å². The predicted molar refractivity (Wildman–Crippen MR) is 113 cm³/mol. The number of rotatable bonds is 1. The van der Waals surface area contributed by atoms with Crippen molar-refractivity contribution in [2.24, 2.45) is 0 Å². The third-order valence-electron chi connectivity index (χ3n) is 6.12. The highest BCUT2D eigenvalue weighted by Crippen LogP contribution is 2.54. The highest BCUT2D eigenvalue weighted by Gasteiger charge is 2.48. The molecule has 33 heavy (non-hydrogen) atoms. The second kappa shape index (κ2) is 7.50. The van der Waals surface area contributed by atoms with Crippen LogP contribution in [0.4, 0.5) is 13.2 Å². The summed E-state index contributed by atoms with van der Waals surface area (Å²) in [4.78, 5) is 30.1. The van der Waals surface area contributed by atoms with Gasteiger partial charge in [0.2, 0.25) is 0 Å². The lowest BCUT2D eigenvalue weighted by Gasteiger charge is -2.26. The molecular weight excluding hydrogens is 437 g/mol. The number of imidazole rings is 1. The maximum atomic E-state index is 12.4. The number of carbonyl (C=O) groups is 1. The van der Waals surface area contributed by atoms with Crippen LogP contribution in [-0.4, -0.2) is 44.6 Å². The molecule has 0 radical (unpaired) electrons. The molecule has 0 N–H and O–H groups in total. The van der Waals surface area contributed by atoms with Gasteiger partial charge >= 0.3 is 6.18 Å². The van der Waals surface area contributed by atoms with Gasteiger partial charge in [0.15, 0.2) is 0 Å². The molecule has 10 heteroatoms. The molecule has 2 atom stereocenters. The van der Waals surface area contributed by atoms with Gasteiger partial charge in [-0.25, -0.2) is 4.98 Å². The minimum absolute atomic E-state index is 0.114. The van der Waals surface area contributed by atoms with E-state index in [2.05, 4.69) is 4.98 Å². The number of nitrogens with zero attached hydrogens (tertiary/aromatic N) is 4. The lowest BCUT2D eigenvalue weighted by atomic mass is 10.1. The molecule has 2 unspecified atom stereocenters. The van der Waals surface area contributed by atoms with E-state index in [0.717, 1.165) is 23.7 Å². The van der Waals surface area contributed by atoms with Crippen LogP contribution < -0.4 is 10.3 Å². The summed E-state index contributed by atoms with van der Waals surface area (Å²) in [5, 5.41) is 0. The highest BCUT2D eigenvalue weighted by atomic mass is 19.4. The number of pyridine rings is 1. The summed E-state index contributed by atoms with van der Waals surface area (Å²) in [6.07, 6.45) is 0.167. The van der Waals surface area contributed by atoms with E-state index in [4.69, 9.17) is 4.74 Å². The zero-order valence-electron chi connectivity index (χ0n) is 18.0. The van der Waals surface area contributed by atoms with E-state index < -0.39 is 11.7 Å². The summed E-state index contributed by atoms with van der Waals surface area (Å²) >= 11 is 0. The third-order valence-corrected chi connectivity index (χ3v) is 6.12. The second-order valence-electron chi connectivity index (χ2n) is 8.46. The Bertz CT molecular complexity index is 1310. The van der Waals surface area contributed by atoms with Gasteiger partial charge in [-0.15, -0.1) is 0 Å². The summed E-state index contributed by atoms with van der Waals surface area (Å²) in [6, 6.07) is 7.08. The third kappa shape index (κ3) is 3.79. The summed E-state index contributed by atoms with van der Waals surface area (Å²) in [5.41, 5.74) is 1.80. The van der Waals surface area contributed by atoms with Gasteiger partial charge in [0, 0.05) is 37.8 Å². The molecule has 3 aliphatic rings. The van der Waals surface area contributed by atoms with Gasteiger partial charge < -0.3 is 18.8 Å². The number of likely N-dealkylation sites (N-methyl/N-ethyl adjacent to an activating group) is 1. The van der Waals surface area contributed by atoms with Crippen molar-refractivity contribution in [3.8, 4) is 11.4 Å². The molecule has 4 heterocycles. The molecule has 0 spiro atoms.